The number of rotatable bonds is 2. The van der Waals surface area contributed by atoms with Crippen LogP contribution in [0.25, 0.3) is 0 Å². The summed E-state index contributed by atoms with van der Waals surface area (Å²) < 4.78 is 0. The fourth-order valence-corrected chi connectivity index (χ4v) is 1.80. The first-order chi connectivity index (χ1) is 4.89. The molecule has 6 N–H and O–H groups in total. The van der Waals surface area contributed by atoms with Gasteiger partial charge in [-0.1, -0.05) is 13.8 Å². The van der Waals surface area contributed by atoms with Crippen LogP contribution in [0, 0.1) is 28.1 Å². The smallest absolute Gasteiger partial charge is 0.0950 e. The summed E-state index contributed by atoms with van der Waals surface area (Å²) >= 11 is 0. The molecule has 4 heteroatoms. The van der Waals surface area contributed by atoms with Crippen LogP contribution in [0.1, 0.15) is 13.8 Å². The summed E-state index contributed by atoms with van der Waals surface area (Å²) in [6.45, 7) is 3.95. The lowest BCUT2D eigenvalue weighted by atomic mass is 10.1. The van der Waals surface area contributed by atoms with Crippen LogP contribution in [0.15, 0.2) is 0 Å². The first-order valence-corrected chi connectivity index (χ1v) is 3.57. The van der Waals surface area contributed by atoms with Crippen LogP contribution in [0.3, 0.4) is 0 Å². The van der Waals surface area contributed by atoms with Gasteiger partial charge < -0.3 is 11.5 Å². The molecule has 11 heavy (non-hydrogen) atoms. The normalized spacial score (nSPS) is 32.9. The Labute approximate surface area is 66.0 Å². The van der Waals surface area contributed by atoms with E-state index in [1.165, 1.54) is 0 Å². The topological polar surface area (TPSA) is 99.7 Å². The fraction of sp³-hybridized carbons (Fsp3) is 0.714. The van der Waals surface area contributed by atoms with Gasteiger partial charge in [0.2, 0.25) is 0 Å². The van der Waals surface area contributed by atoms with E-state index < -0.39 is 0 Å². The van der Waals surface area contributed by atoms with Crippen LogP contribution in [-0.2, 0) is 0 Å². The molecule has 1 saturated carbocycles. The molecule has 1 aliphatic carbocycles. The molecule has 0 aromatic carbocycles. The fourth-order valence-electron chi connectivity index (χ4n) is 1.80. The van der Waals surface area contributed by atoms with Crippen LogP contribution in [-0.4, -0.2) is 11.7 Å². The Morgan fingerprint density at radius 1 is 1.09 bits per heavy atom. The second kappa shape index (κ2) is 1.96. The van der Waals surface area contributed by atoms with Crippen LogP contribution >= 0.6 is 0 Å². The zero-order valence-corrected chi connectivity index (χ0v) is 6.81. The highest BCUT2D eigenvalue weighted by molar-refractivity contribution is 5.95. The number of hydrogen-bond donors (Lipinski definition) is 4. The predicted molar refractivity (Wildman–Crippen MR) is 44.6 cm³/mol. The third-order valence-electron chi connectivity index (χ3n) is 2.50. The van der Waals surface area contributed by atoms with Crippen molar-refractivity contribution in [3.8, 4) is 0 Å². The maximum atomic E-state index is 7.22. The minimum atomic E-state index is -0.0718. The highest BCUT2D eigenvalue weighted by Gasteiger charge is 2.61. The van der Waals surface area contributed by atoms with Crippen LogP contribution < -0.4 is 11.5 Å². The van der Waals surface area contributed by atoms with Gasteiger partial charge in [0.05, 0.1) is 11.7 Å². The Bertz CT molecular complexity index is 196. The highest BCUT2D eigenvalue weighted by atomic mass is 14.9. The monoisotopic (exact) mass is 154 g/mol. The third-order valence-corrected chi connectivity index (χ3v) is 2.50. The first kappa shape index (κ1) is 8.04. The van der Waals surface area contributed by atoms with Gasteiger partial charge in [0.15, 0.2) is 0 Å². The summed E-state index contributed by atoms with van der Waals surface area (Å²) in [7, 11) is 0. The molecule has 0 amide bonds. The van der Waals surface area contributed by atoms with Crippen LogP contribution in [0.4, 0.5) is 0 Å². The van der Waals surface area contributed by atoms with Crippen molar-refractivity contribution in [1.29, 1.82) is 10.8 Å². The van der Waals surface area contributed by atoms with Crippen LogP contribution in [0.5, 0.6) is 0 Å². The van der Waals surface area contributed by atoms with Crippen molar-refractivity contribution >= 4 is 11.7 Å². The van der Waals surface area contributed by atoms with E-state index >= 15 is 0 Å². The van der Waals surface area contributed by atoms with E-state index in [2.05, 4.69) is 0 Å². The lowest BCUT2D eigenvalue weighted by Gasteiger charge is -1.98. The van der Waals surface area contributed by atoms with Crippen LogP contribution in [0.2, 0.25) is 0 Å². The summed E-state index contributed by atoms with van der Waals surface area (Å²) in [4.78, 5) is 0. The molecule has 0 spiro atoms. The van der Waals surface area contributed by atoms with Crippen molar-refractivity contribution in [2.24, 2.45) is 28.7 Å². The predicted octanol–water partition coefficient (Wildman–Crippen LogP) is 0.131. The minimum Gasteiger partial charge on any atom is -0.387 e. The molecule has 0 saturated heterocycles. The average Bonchev–Trinajstić information content (AvgIpc) is 2.33. The maximum Gasteiger partial charge on any atom is 0.0950 e. The van der Waals surface area contributed by atoms with E-state index in [9.17, 15) is 0 Å². The van der Waals surface area contributed by atoms with Crippen molar-refractivity contribution in [2.45, 2.75) is 13.8 Å². The molecule has 0 bridgehead atoms. The number of hydrogen-bond acceptors (Lipinski definition) is 2. The highest BCUT2D eigenvalue weighted by Crippen LogP contribution is 2.57. The quantitative estimate of drug-likeness (QED) is 0.336. The zero-order chi connectivity index (χ0) is 8.81. The van der Waals surface area contributed by atoms with Crippen molar-refractivity contribution in [3.05, 3.63) is 0 Å². The van der Waals surface area contributed by atoms with Gasteiger partial charge in [-0.2, -0.15) is 0 Å². The Morgan fingerprint density at radius 2 is 1.36 bits per heavy atom. The van der Waals surface area contributed by atoms with Gasteiger partial charge in [-0.15, -0.1) is 0 Å². The lowest BCUT2D eigenvalue weighted by Crippen LogP contribution is -2.19. The summed E-state index contributed by atoms with van der Waals surface area (Å²) in [5.41, 5.74) is 10.6. The summed E-state index contributed by atoms with van der Waals surface area (Å²) in [5, 5.41) is 14.4. The SMILES string of the molecule is CC1(C)C(C(=N)N)C1C(=N)N. The molecule has 0 heterocycles. The molecule has 2 atom stereocenters. The molecule has 2 unspecified atom stereocenters. The van der Waals surface area contributed by atoms with E-state index in [0.29, 0.717) is 0 Å². The van der Waals surface area contributed by atoms with Gasteiger partial charge in [0.25, 0.3) is 0 Å². The molecule has 0 aromatic heterocycles. The first-order valence-electron chi connectivity index (χ1n) is 3.57. The molecule has 4 nitrogen and oxygen atoms in total. The standard InChI is InChI=1S/C7H14N4/c1-7(2)3(5(8)9)4(7)6(10)11/h3-4H,1-2H3,(H3,8,9)(H3,10,11). The third kappa shape index (κ3) is 0.982. The second-order valence-corrected chi connectivity index (χ2v) is 3.69. The molecule has 1 aliphatic rings. The van der Waals surface area contributed by atoms with Gasteiger partial charge >= 0.3 is 0 Å². The molecule has 0 aromatic rings. The van der Waals surface area contributed by atoms with Crippen molar-refractivity contribution in [2.75, 3.05) is 0 Å². The average molecular weight is 154 g/mol. The molecular formula is C7H14N4. The van der Waals surface area contributed by atoms with E-state index in [4.69, 9.17) is 22.3 Å². The Kier molecular flexibility index (Phi) is 1.44. The van der Waals surface area contributed by atoms with Crippen molar-refractivity contribution in [3.63, 3.8) is 0 Å². The summed E-state index contributed by atoms with van der Waals surface area (Å²) in [6.07, 6.45) is 0. The summed E-state index contributed by atoms with van der Waals surface area (Å²) in [6, 6.07) is 0. The summed E-state index contributed by atoms with van der Waals surface area (Å²) in [5.74, 6) is 0.269. The molecule has 1 rings (SSSR count). The van der Waals surface area contributed by atoms with E-state index in [0.717, 1.165) is 0 Å². The van der Waals surface area contributed by atoms with Gasteiger partial charge in [-0.05, 0) is 5.41 Å². The largest absolute Gasteiger partial charge is 0.387 e. The van der Waals surface area contributed by atoms with E-state index in [-0.39, 0.29) is 28.9 Å². The maximum absolute atomic E-state index is 7.22. The Hall–Kier alpha value is -1.06. The Morgan fingerprint density at radius 3 is 1.45 bits per heavy atom. The van der Waals surface area contributed by atoms with Gasteiger partial charge in [0.1, 0.15) is 0 Å². The molecular weight excluding hydrogens is 140 g/mol. The van der Waals surface area contributed by atoms with Gasteiger partial charge in [-0.25, -0.2) is 0 Å². The Balaban J connectivity index is 2.76. The number of nitrogens with one attached hydrogen (secondary N) is 2. The van der Waals surface area contributed by atoms with Gasteiger partial charge in [0, 0.05) is 11.8 Å². The van der Waals surface area contributed by atoms with Gasteiger partial charge in [-0.3, -0.25) is 10.8 Å². The second-order valence-electron chi connectivity index (χ2n) is 3.69. The number of nitrogens with two attached hydrogens (primary N) is 2. The van der Waals surface area contributed by atoms with E-state index in [1.54, 1.807) is 0 Å². The van der Waals surface area contributed by atoms with E-state index in [1.807, 2.05) is 13.8 Å². The number of amidine groups is 2. The molecule has 0 radical (unpaired) electrons. The van der Waals surface area contributed by atoms with Crippen molar-refractivity contribution in [1.82, 2.24) is 0 Å². The molecule has 0 aliphatic heterocycles. The molecule has 1 fully saturated rings. The zero-order valence-electron chi connectivity index (χ0n) is 6.81. The lowest BCUT2D eigenvalue weighted by molar-refractivity contribution is 0.598. The molecule has 62 valence electrons. The van der Waals surface area contributed by atoms with Crippen molar-refractivity contribution < 1.29 is 0 Å². The minimum absolute atomic E-state index is 0.0139.